The second kappa shape index (κ2) is 6.73. The molecule has 2 rings (SSSR count). The summed E-state index contributed by atoms with van der Waals surface area (Å²) in [5.41, 5.74) is 4.04. The monoisotopic (exact) mass is 256 g/mol. The summed E-state index contributed by atoms with van der Waals surface area (Å²) in [5, 5.41) is 17.4. The Bertz CT molecular complexity index is 675. The predicted molar refractivity (Wildman–Crippen MR) is 81.2 cm³/mol. The van der Waals surface area contributed by atoms with E-state index in [1.54, 1.807) is 12.2 Å². The number of benzene rings is 2. The number of hydrogen-bond donors (Lipinski definition) is 0. The van der Waals surface area contributed by atoms with Crippen molar-refractivity contribution in [1.29, 1.82) is 10.5 Å². The number of rotatable bonds is 3. The molecule has 0 aliphatic heterocycles. The van der Waals surface area contributed by atoms with Gasteiger partial charge in [0, 0.05) is 12.2 Å². The van der Waals surface area contributed by atoms with Crippen molar-refractivity contribution in [3.05, 3.63) is 71.8 Å². The quantitative estimate of drug-likeness (QED) is 0.763. The van der Waals surface area contributed by atoms with Crippen LogP contribution in [0.2, 0.25) is 0 Å². The molecule has 2 aromatic rings. The highest BCUT2D eigenvalue weighted by Gasteiger charge is 2.05. The summed E-state index contributed by atoms with van der Waals surface area (Å²) in [4.78, 5) is 0. The predicted octanol–water partition coefficient (Wildman–Crippen LogP) is 4.43. The topological polar surface area (TPSA) is 47.6 Å². The molecule has 0 radical (unpaired) electrons. The Hall–Kier alpha value is -3.10. The third-order valence-electron chi connectivity index (χ3n) is 2.89. The van der Waals surface area contributed by atoms with Gasteiger partial charge in [0.15, 0.2) is 0 Å². The molecule has 0 unspecified atom stereocenters. The summed E-state index contributed by atoms with van der Waals surface area (Å²) >= 11 is 0. The molecule has 0 aliphatic carbocycles. The second-order valence-electron chi connectivity index (χ2n) is 4.10. The lowest BCUT2D eigenvalue weighted by Crippen LogP contribution is -1.86. The minimum absolute atomic E-state index is 0.979. The van der Waals surface area contributed by atoms with Crippen LogP contribution >= 0.6 is 0 Å². The van der Waals surface area contributed by atoms with Crippen LogP contribution in [0.1, 0.15) is 11.1 Å². The van der Waals surface area contributed by atoms with Crippen LogP contribution in [0.3, 0.4) is 0 Å². The van der Waals surface area contributed by atoms with Gasteiger partial charge >= 0.3 is 0 Å². The van der Waals surface area contributed by atoms with Crippen molar-refractivity contribution in [3.8, 4) is 23.3 Å². The maximum Gasteiger partial charge on any atom is 0.0912 e. The molecule has 0 bridgehead atoms. The van der Waals surface area contributed by atoms with Gasteiger partial charge in [-0.05, 0) is 34.4 Å². The summed E-state index contributed by atoms with van der Waals surface area (Å²) in [5.74, 6) is 0. The largest absolute Gasteiger partial charge is 0.193 e. The van der Waals surface area contributed by atoms with E-state index in [1.165, 1.54) is 12.2 Å². The maximum absolute atomic E-state index is 8.68. The zero-order valence-electron chi connectivity index (χ0n) is 10.8. The first kappa shape index (κ1) is 13.3. The lowest BCUT2D eigenvalue weighted by molar-refractivity contribution is 1.53. The van der Waals surface area contributed by atoms with Crippen LogP contribution in [0, 0.1) is 22.7 Å². The number of allylic oxidation sites excluding steroid dienone is 2. The third-order valence-corrected chi connectivity index (χ3v) is 2.89. The van der Waals surface area contributed by atoms with Gasteiger partial charge < -0.3 is 0 Å². The smallest absolute Gasteiger partial charge is 0.0912 e. The standard InChI is InChI=1S/C18H12N2/c19-13-5-9-15-7-1-3-11-17(15)18-12-4-2-8-16(18)10-6-14-20/h1-12H/b9-5+,10-6+. The van der Waals surface area contributed by atoms with Crippen LogP contribution in [-0.2, 0) is 0 Å². The zero-order valence-corrected chi connectivity index (χ0v) is 10.8. The van der Waals surface area contributed by atoms with Gasteiger partial charge in [0.1, 0.15) is 0 Å². The Morgan fingerprint density at radius 1 is 0.650 bits per heavy atom. The fraction of sp³-hybridized carbons (Fsp3) is 0. The number of hydrogen-bond acceptors (Lipinski definition) is 2. The Kier molecular flexibility index (Phi) is 4.49. The van der Waals surface area contributed by atoms with Crippen molar-refractivity contribution in [2.24, 2.45) is 0 Å². The Morgan fingerprint density at radius 2 is 1.05 bits per heavy atom. The summed E-state index contributed by atoms with van der Waals surface area (Å²) in [7, 11) is 0. The van der Waals surface area contributed by atoms with E-state index in [2.05, 4.69) is 0 Å². The molecule has 0 aliphatic rings. The molecule has 2 nitrogen and oxygen atoms in total. The number of nitrogens with zero attached hydrogens (tertiary/aromatic N) is 2. The van der Waals surface area contributed by atoms with Crippen molar-refractivity contribution >= 4 is 12.2 Å². The van der Waals surface area contributed by atoms with E-state index in [0.717, 1.165) is 22.3 Å². The lowest BCUT2D eigenvalue weighted by Gasteiger charge is -2.09. The van der Waals surface area contributed by atoms with Crippen molar-refractivity contribution in [2.45, 2.75) is 0 Å². The molecule has 0 aromatic heterocycles. The summed E-state index contributed by atoms with van der Waals surface area (Å²) < 4.78 is 0. The molecule has 2 heteroatoms. The van der Waals surface area contributed by atoms with Gasteiger partial charge in [-0.3, -0.25) is 0 Å². The molecule has 0 N–H and O–H groups in total. The third kappa shape index (κ3) is 3.02. The summed E-state index contributed by atoms with van der Waals surface area (Å²) in [6.45, 7) is 0. The van der Waals surface area contributed by atoms with E-state index in [0.29, 0.717) is 0 Å². The molecule has 0 spiro atoms. The Labute approximate surface area is 118 Å². The van der Waals surface area contributed by atoms with E-state index < -0.39 is 0 Å². The fourth-order valence-electron chi connectivity index (χ4n) is 2.03. The molecule has 0 atom stereocenters. The fourth-order valence-corrected chi connectivity index (χ4v) is 2.03. The van der Waals surface area contributed by atoms with Gasteiger partial charge in [0.25, 0.3) is 0 Å². The van der Waals surface area contributed by atoms with Gasteiger partial charge in [-0.1, -0.05) is 48.5 Å². The molecule has 2 aromatic carbocycles. The van der Waals surface area contributed by atoms with Gasteiger partial charge in [-0.15, -0.1) is 0 Å². The highest BCUT2D eigenvalue weighted by Crippen LogP contribution is 2.28. The van der Waals surface area contributed by atoms with Crippen molar-refractivity contribution in [3.63, 3.8) is 0 Å². The SMILES string of the molecule is N#C/C=C/c1ccccc1-c1ccccc1/C=C/C#N. The average molecular weight is 256 g/mol. The zero-order chi connectivity index (χ0) is 14.2. The first-order valence-corrected chi connectivity index (χ1v) is 6.17. The van der Waals surface area contributed by atoms with Crippen LogP contribution < -0.4 is 0 Å². The van der Waals surface area contributed by atoms with Crippen LogP contribution in [0.25, 0.3) is 23.3 Å². The first-order chi connectivity index (χ1) is 9.86. The molecule has 0 amide bonds. The van der Waals surface area contributed by atoms with Gasteiger partial charge in [-0.25, -0.2) is 0 Å². The van der Waals surface area contributed by atoms with E-state index in [1.807, 2.05) is 60.7 Å². The van der Waals surface area contributed by atoms with Crippen LogP contribution in [0.5, 0.6) is 0 Å². The van der Waals surface area contributed by atoms with E-state index in [4.69, 9.17) is 10.5 Å². The molecule has 0 fully saturated rings. The van der Waals surface area contributed by atoms with Gasteiger partial charge in [0.2, 0.25) is 0 Å². The average Bonchev–Trinajstić information content (AvgIpc) is 2.51. The minimum atomic E-state index is 0.979. The highest BCUT2D eigenvalue weighted by atomic mass is 14.2. The highest BCUT2D eigenvalue weighted by molar-refractivity contribution is 5.82. The molecular weight excluding hydrogens is 244 g/mol. The maximum atomic E-state index is 8.68. The molecule has 0 saturated carbocycles. The molecule has 0 saturated heterocycles. The van der Waals surface area contributed by atoms with E-state index >= 15 is 0 Å². The normalized spacial score (nSPS) is 10.5. The molecule has 20 heavy (non-hydrogen) atoms. The summed E-state index contributed by atoms with van der Waals surface area (Å²) in [6.07, 6.45) is 6.51. The Balaban J connectivity index is 2.58. The van der Waals surface area contributed by atoms with Crippen molar-refractivity contribution in [1.82, 2.24) is 0 Å². The summed E-state index contributed by atoms with van der Waals surface area (Å²) in [6, 6.07) is 19.8. The number of nitriles is 2. The van der Waals surface area contributed by atoms with Crippen LogP contribution in [0.4, 0.5) is 0 Å². The van der Waals surface area contributed by atoms with Gasteiger partial charge in [0.05, 0.1) is 12.1 Å². The molecule has 0 heterocycles. The second-order valence-corrected chi connectivity index (χ2v) is 4.10. The molecule has 94 valence electrons. The molecular formula is C18H12N2. The minimum Gasteiger partial charge on any atom is -0.193 e. The first-order valence-electron chi connectivity index (χ1n) is 6.17. The van der Waals surface area contributed by atoms with E-state index in [-0.39, 0.29) is 0 Å². The van der Waals surface area contributed by atoms with Crippen LogP contribution in [0.15, 0.2) is 60.7 Å². The van der Waals surface area contributed by atoms with Crippen molar-refractivity contribution < 1.29 is 0 Å². The van der Waals surface area contributed by atoms with Crippen LogP contribution in [-0.4, -0.2) is 0 Å². The van der Waals surface area contributed by atoms with Crippen molar-refractivity contribution in [2.75, 3.05) is 0 Å². The lowest BCUT2D eigenvalue weighted by atomic mass is 9.95. The van der Waals surface area contributed by atoms with E-state index in [9.17, 15) is 0 Å². The Morgan fingerprint density at radius 3 is 1.45 bits per heavy atom. The van der Waals surface area contributed by atoms with Gasteiger partial charge in [-0.2, -0.15) is 10.5 Å².